The van der Waals surface area contributed by atoms with Crippen LogP contribution in [0.4, 0.5) is 4.79 Å². The van der Waals surface area contributed by atoms with Crippen LogP contribution in [0.5, 0.6) is 0 Å². The molecule has 2 aliphatic heterocycles. The quantitative estimate of drug-likeness (QED) is 0.572. The molecule has 2 aliphatic rings. The zero-order valence-corrected chi connectivity index (χ0v) is 18.5. The maximum absolute atomic E-state index is 12.3. The molecule has 0 bridgehead atoms. The summed E-state index contributed by atoms with van der Waals surface area (Å²) in [5.74, 6) is 2.11. The molecule has 2 heterocycles. The zero-order chi connectivity index (χ0) is 20.6. The Morgan fingerprint density at radius 2 is 1.96 bits per heavy atom. The van der Waals surface area contributed by atoms with Crippen molar-refractivity contribution in [3.8, 4) is 0 Å². The number of piperidine rings is 1. The van der Waals surface area contributed by atoms with Crippen molar-refractivity contribution in [2.45, 2.75) is 58.5 Å². The van der Waals surface area contributed by atoms with Crippen molar-refractivity contribution in [1.29, 1.82) is 0 Å². The van der Waals surface area contributed by atoms with Crippen LogP contribution in [0.15, 0.2) is 4.99 Å². The van der Waals surface area contributed by atoms with Gasteiger partial charge in [0.2, 0.25) is 0 Å². The van der Waals surface area contributed by atoms with Gasteiger partial charge < -0.3 is 24.6 Å². The normalized spacial score (nSPS) is 22.1. The van der Waals surface area contributed by atoms with Crippen LogP contribution in [0.25, 0.3) is 0 Å². The Labute approximate surface area is 170 Å². The number of rotatable bonds is 5. The highest BCUT2D eigenvalue weighted by molar-refractivity contribution is 5.79. The number of ether oxygens (including phenoxy) is 2. The Hall–Kier alpha value is -1.50. The number of likely N-dealkylation sites (tertiary alicyclic amines) is 1. The molecular formula is C21H40N4O3. The Balaban J connectivity index is 1.74. The van der Waals surface area contributed by atoms with Gasteiger partial charge in [0.25, 0.3) is 0 Å². The molecule has 1 unspecified atom stereocenters. The lowest BCUT2D eigenvalue weighted by molar-refractivity contribution is 0.0168. The molecule has 0 aliphatic carbocycles. The lowest BCUT2D eigenvalue weighted by Crippen LogP contribution is -2.47. The minimum atomic E-state index is -0.447. The maximum atomic E-state index is 12.3. The van der Waals surface area contributed by atoms with E-state index in [0.29, 0.717) is 5.92 Å². The van der Waals surface area contributed by atoms with Crippen molar-refractivity contribution in [3.63, 3.8) is 0 Å². The van der Waals surface area contributed by atoms with Gasteiger partial charge in [0.05, 0.1) is 0 Å². The van der Waals surface area contributed by atoms with Crippen LogP contribution in [0.1, 0.15) is 52.9 Å². The van der Waals surface area contributed by atoms with Crippen LogP contribution in [0.2, 0.25) is 0 Å². The second kappa shape index (κ2) is 10.9. The van der Waals surface area contributed by atoms with Crippen molar-refractivity contribution in [1.82, 2.24) is 15.1 Å². The molecular weight excluding hydrogens is 356 g/mol. The molecule has 0 radical (unpaired) electrons. The molecule has 7 nitrogen and oxygen atoms in total. The molecule has 7 heteroatoms. The molecule has 0 aromatic carbocycles. The largest absolute Gasteiger partial charge is 0.444 e. The monoisotopic (exact) mass is 396 g/mol. The van der Waals surface area contributed by atoms with Crippen molar-refractivity contribution < 1.29 is 14.3 Å². The van der Waals surface area contributed by atoms with Gasteiger partial charge in [-0.2, -0.15) is 0 Å². The van der Waals surface area contributed by atoms with Crippen LogP contribution >= 0.6 is 0 Å². The fourth-order valence-electron chi connectivity index (χ4n) is 3.86. The summed E-state index contributed by atoms with van der Waals surface area (Å²) in [6.07, 6.45) is 5.45. The minimum absolute atomic E-state index is 0.199. The van der Waals surface area contributed by atoms with E-state index in [2.05, 4.69) is 22.3 Å². The number of nitrogens with one attached hydrogen (secondary N) is 1. The van der Waals surface area contributed by atoms with E-state index in [1.165, 1.54) is 19.3 Å². The maximum Gasteiger partial charge on any atom is 0.410 e. The van der Waals surface area contributed by atoms with Gasteiger partial charge in [0, 0.05) is 53.5 Å². The number of hydrogen-bond acceptors (Lipinski definition) is 4. The number of guanidine groups is 1. The van der Waals surface area contributed by atoms with Gasteiger partial charge in [0.1, 0.15) is 5.60 Å². The molecule has 1 atom stereocenters. The second-order valence-corrected chi connectivity index (χ2v) is 9.13. The topological polar surface area (TPSA) is 66.4 Å². The van der Waals surface area contributed by atoms with E-state index in [4.69, 9.17) is 9.47 Å². The van der Waals surface area contributed by atoms with Crippen LogP contribution in [-0.2, 0) is 9.47 Å². The zero-order valence-electron chi connectivity index (χ0n) is 18.5. The first-order valence-electron chi connectivity index (χ1n) is 10.8. The predicted octanol–water partition coefficient (Wildman–Crippen LogP) is 2.96. The third-order valence-corrected chi connectivity index (χ3v) is 5.51. The Kier molecular flexibility index (Phi) is 8.86. The van der Waals surface area contributed by atoms with E-state index >= 15 is 0 Å². The minimum Gasteiger partial charge on any atom is -0.444 e. The van der Waals surface area contributed by atoms with Gasteiger partial charge in [-0.05, 0) is 64.7 Å². The summed E-state index contributed by atoms with van der Waals surface area (Å²) in [4.78, 5) is 20.8. The average molecular weight is 397 g/mol. The van der Waals surface area contributed by atoms with Gasteiger partial charge in [0.15, 0.2) is 5.96 Å². The molecule has 1 N–H and O–H groups in total. The highest BCUT2D eigenvalue weighted by Crippen LogP contribution is 2.20. The number of nitrogens with zero attached hydrogens (tertiary/aromatic N) is 3. The molecule has 2 rings (SSSR count). The van der Waals surface area contributed by atoms with Crippen molar-refractivity contribution in [2.24, 2.45) is 16.8 Å². The molecule has 28 heavy (non-hydrogen) atoms. The number of aliphatic imine (C=N–C) groups is 1. The first-order chi connectivity index (χ1) is 13.3. The first-order valence-corrected chi connectivity index (χ1v) is 10.8. The van der Waals surface area contributed by atoms with E-state index in [-0.39, 0.29) is 6.09 Å². The summed E-state index contributed by atoms with van der Waals surface area (Å²) >= 11 is 0. The number of hydrogen-bond donors (Lipinski definition) is 1. The number of carbonyl (C=O) groups is 1. The van der Waals surface area contributed by atoms with Gasteiger partial charge in [-0.25, -0.2) is 4.79 Å². The molecule has 0 aromatic rings. The van der Waals surface area contributed by atoms with Crippen molar-refractivity contribution in [3.05, 3.63) is 0 Å². The Morgan fingerprint density at radius 3 is 2.61 bits per heavy atom. The van der Waals surface area contributed by atoms with E-state index in [1.807, 2.05) is 32.7 Å². The van der Waals surface area contributed by atoms with E-state index < -0.39 is 5.60 Å². The van der Waals surface area contributed by atoms with Gasteiger partial charge in [-0.15, -0.1) is 0 Å². The summed E-state index contributed by atoms with van der Waals surface area (Å²) in [5.41, 5.74) is -0.447. The SMILES string of the molecule is CN=C(NCC1CCCN(C(=O)OC(C)(C)C)C1)N(C)CCC1CCOCC1. The molecule has 1 amide bonds. The molecule has 162 valence electrons. The third-order valence-electron chi connectivity index (χ3n) is 5.51. The lowest BCUT2D eigenvalue weighted by atomic mass is 9.96. The summed E-state index contributed by atoms with van der Waals surface area (Å²) < 4.78 is 11.0. The fourth-order valence-corrected chi connectivity index (χ4v) is 3.86. The standard InChI is InChI=1S/C21H40N4O3/c1-21(2,3)28-20(26)25-11-6-7-18(16-25)15-23-19(22-4)24(5)12-8-17-9-13-27-14-10-17/h17-18H,6-16H2,1-5H3,(H,22,23). The predicted molar refractivity (Wildman–Crippen MR) is 113 cm³/mol. The van der Waals surface area contributed by atoms with Gasteiger partial charge in [-0.3, -0.25) is 4.99 Å². The second-order valence-electron chi connectivity index (χ2n) is 9.13. The average Bonchev–Trinajstić information content (AvgIpc) is 2.66. The number of carbonyl (C=O) groups excluding carboxylic acids is 1. The fraction of sp³-hybridized carbons (Fsp3) is 0.905. The summed E-state index contributed by atoms with van der Waals surface area (Å²) in [6, 6.07) is 0. The summed E-state index contributed by atoms with van der Waals surface area (Å²) in [6.45, 7) is 10.9. The van der Waals surface area contributed by atoms with Crippen molar-refractivity contribution >= 4 is 12.1 Å². The van der Waals surface area contributed by atoms with Crippen LogP contribution < -0.4 is 5.32 Å². The lowest BCUT2D eigenvalue weighted by Gasteiger charge is -2.35. The third kappa shape index (κ3) is 7.86. The van der Waals surface area contributed by atoms with E-state index in [0.717, 1.165) is 64.1 Å². The van der Waals surface area contributed by atoms with Crippen LogP contribution in [-0.4, -0.2) is 80.9 Å². The highest BCUT2D eigenvalue weighted by Gasteiger charge is 2.27. The van der Waals surface area contributed by atoms with Crippen LogP contribution in [0.3, 0.4) is 0 Å². The smallest absolute Gasteiger partial charge is 0.410 e. The highest BCUT2D eigenvalue weighted by atomic mass is 16.6. The molecule has 2 saturated heterocycles. The van der Waals surface area contributed by atoms with Gasteiger partial charge >= 0.3 is 6.09 Å². The van der Waals surface area contributed by atoms with E-state index in [9.17, 15) is 4.79 Å². The molecule has 0 saturated carbocycles. The Bertz CT molecular complexity index is 512. The molecule has 2 fully saturated rings. The molecule has 0 spiro atoms. The number of amides is 1. The summed E-state index contributed by atoms with van der Waals surface area (Å²) in [5, 5.41) is 3.51. The first kappa shape index (κ1) is 22.8. The Morgan fingerprint density at radius 1 is 1.25 bits per heavy atom. The van der Waals surface area contributed by atoms with Crippen LogP contribution in [0, 0.1) is 11.8 Å². The summed E-state index contributed by atoms with van der Waals surface area (Å²) in [7, 11) is 3.93. The van der Waals surface area contributed by atoms with E-state index in [1.54, 1.807) is 0 Å². The van der Waals surface area contributed by atoms with Crippen molar-refractivity contribution in [2.75, 3.05) is 53.5 Å². The molecule has 0 aromatic heterocycles. The van der Waals surface area contributed by atoms with Gasteiger partial charge in [-0.1, -0.05) is 0 Å².